The van der Waals surface area contributed by atoms with Gasteiger partial charge in [0, 0.05) is 23.2 Å². The van der Waals surface area contributed by atoms with Crippen LogP contribution in [0.5, 0.6) is 5.75 Å². The Hall–Kier alpha value is -3.80. The van der Waals surface area contributed by atoms with Gasteiger partial charge in [-0.2, -0.15) is 9.41 Å². The van der Waals surface area contributed by atoms with Crippen LogP contribution in [0.4, 0.5) is 5.69 Å². The van der Waals surface area contributed by atoms with Crippen molar-refractivity contribution in [1.82, 2.24) is 9.73 Å². The third-order valence-corrected chi connectivity index (χ3v) is 7.18. The van der Waals surface area contributed by atoms with E-state index in [9.17, 15) is 23.3 Å². The maximum absolute atomic E-state index is 13.2. The van der Waals surface area contributed by atoms with Gasteiger partial charge in [-0.1, -0.05) is 41.9 Å². The second-order valence-corrected chi connectivity index (χ2v) is 9.88. The molecule has 0 aliphatic rings. The van der Waals surface area contributed by atoms with Crippen LogP contribution in [0, 0.1) is 10.1 Å². The van der Waals surface area contributed by atoms with Crippen molar-refractivity contribution in [2.75, 3.05) is 20.2 Å². The highest BCUT2D eigenvalue weighted by Crippen LogP contribution is 2.26. The van der Waals surface area contributed by atoms with Crippen molar-refractivity contribution in [2.24, 2.45) is 5.10 Å². The van der Waals surface area contributed by atoms with Crippen molar-refractivity contribution in [3.63, 3.8) is 0 Å². The number of hydrogen-bond donors (Lipinski definition) is 1. The molecule has 188 valence electrons. The van der Waals surface area contributed by atoms with E-state index in [0.717, 1.165) is 9.87 Å². The molecule has 0 aromatic heterocycles. The molecule has 0 radical (unpaired) electrons. The summed E-state index contributed by atoms with van der Waals surface area (Å²) in [5.41, 5.74) is 3.27. The van der Waals surface area contributed by atoms with E-state index >= 15 is 0 Å². The van der Waals surface area contributed by atoms with Crippen LogP contribution in [0.3, 0.4) is 0 Å². The third-order valence-electron chi connectivity index (χ3n) is 5.07. The van der Waals surface area contributed by atoms with Gasteiger partial charge in [0.1, 0.15) is 0 Å². The Kier molecular flexibility index (Phi) is 9.12. The third kappa shape index (κ3) is 7.11. The predicted octanol–water partition coefficient (Wildman–Crippen LogP) is 3.64. The molecule has 0 saturated heterocycles. The molecule has 3 aromatic rings. The second kappa shape index (κ2) is 12.2. The number of sulfonamides is 1. The Balaban J connectivity index is 1.74. The van der Waals surface area contributed by atoms with Crippen molar-refractivity contribution < 1.29 is 22.9 Å². The fourth-order valence-corrected chi connectivity index (χ4v) is 4.77. The number of nitrogens with one attached hydrogen (secondary N) is 1. The lowest BCUT2D eigenvalue weighted by atomic mass is 10.1. The molecule has 36 heavy (non-hydrogen) atoms. The highest BCUT2D eigenvalue weighted by molar-refractivity contribution is 7.89. The van der Waals surface area contributed by atoms with Crippen LogP contribution in [-0.2, 0) is 21.2 Å². The van der Waals surface area contributed by atoms with Gasteiger partial charge in [-0.05, 0) is 48.4 Å². The van der Waals surface area contributed by atoms with Crippen LogP contribution in [0.15, 0.2) is 82.8 Å². The molecule has 0 saturated carbocycles. The van der Waals surface area contributed by atoms with E-state index in [1.165, 1.54) is 55.8 Å². The molecule has 0 bridgehead atoms. The van der Waals surface area contributed by atoms with Gasteiger partial charge in [-0.15, -0.1) is 0 Å². The first kappa shape index (κ1) is 26.8. The first-order valence-electron chi connectivity index (χ1n) is 10.6. The Bertz CT molecular complexity index is 1350. The van der Waals surface area contributed by atoms with Crippen LogP contribution < -0.4 is 10.2 Å². The smallest absolute Gasteiger partial charge is 0.311 e. The molecule has 1 N–H and O–H groups in total. The minimum Gasteiger partial charge on any atom is -0.490 e. The monoisotopic (exact) mass is 530 g/mol. The number of nitrogens with zero attached hydrogens (tertiary/aromatic N) is 3. The number of halogens is 1. The summed E-state index contributed by atoms with van der Waals surface area (Å²) >= 11 is 5.89. The minimum atomic E-state index is -4.01. The zero-order chi connectivity index (χ0) is 26.1. The number of rotatable bonds is 11. The summed E-state index contributed by atoms with van der Waals surface area (Å²) in [5.74, 6) is -0.595. The Morgan fingerprint density at radius 2 is 1.83 bits per heavy atom. The Morgan fingerprint density at radius 1 is 1.14 bits per heavy atom. The summed E-state index contributed by atoms with van der Waals surface area (Å²) in [6.45, 7) is -0.436. The van der Waals surface area contributed by atoms with E-state index in [-0.39, 0.29) is 22.9 Å². The summed E-state index contributed by atoms with van der Waals surface area (Å²) in [7, 11) is -2.69. The molecule has 3 rings (SSSR count). The Morgan fingerprint density at radius 3 is 2.47 bits per heavy atom. The number of ether oxygens (including phenoxy) is 1. The number of hydrazone groups is 1. The molecule has 0 atom stereocenters. The van der Waals surface area contributed by atoms with Crippen molar-refractivity contribution in [2.45, 2.75) is 11.3 Å². The highest BCUT2D eigenvalue weighted by Gasteiger charge is 2.26. The SMILES string of the molecule is COc1ccc(/C=N\NC(=O)CN(CCc2ccccc2)S(=O)(=O)c2ccc(Cl)cc2)cc1[N+](=O)[O-]. The van der Waals surface area contributed by atoms with Gasteiger partial charge in [0.25, 0.3) is 5.91 Å². The topological polar surface area (TPSA) is 131 Å². The molecule has 10 nitrogen and oxygen atoms in total. The van der Waals surface area contributed by atoms with Crippen molar-refractivity contribution in [3.8, 4) is 5.75 Å². The molecule has 3 aromatic carbocycles. The maximum Gasteiger partial charge on any atom is 0.311 e. The molecule has 0 fully saturated rings. The van der Waals surface area contributed by atoms with Crippen LogP contribution >= 0.6 is 11.6 Å². The minimum absolute atomic E-state index is 0.00167. The zero-order valence-electron chi connectivity index (χ0n) is 19.2. The molecule has 1 amide bonds. The quantitative estimate of drug-likeness (QED) is 0.229. The van der Waals surface area contributed by atoms with Gasteiger partial charge in [0.2, 0.25) is 10.0 Å². The lowest BCUT2D eigenvalue weighted by Crippen LogP contribution is -2.40. The molecule has 0 aliphatic carbocycles. The van der Waals surface area contributed by atoms with Crippen LogP contribution in [-0.4, -0.2) is 50.0 Å². The van der Waals surface area contributed by atoms with Crippen LogP contribution in [0.2, 0.25) is 5.02 Å². The second-order valence-electron chi connectivity index (χ2n) is 7.51. The highest BCUT2D eigenvalue weighted by atomic mass is 35.5. The molecular formula is C24H23ClN4O6S. The number of nitro groups is 1. The van der Waals surface area contributed by atoms with Gasteiger partial charge < -0.3 is 4.74 Å². The van der Waals surface area contributed by atoms with Crippen molar-refractivity contribution in [3.05, 3.63) is 99.1 Å². The predicted molar refractivity (Wildman–Crippen MR) is 136 cm³/mol. The molecule has 0 spiro atoms. The Labute approximate surface area is 213 Å². The number of methoxy groups -OCH3 is 1. The normalized spacial score (nSPS) is 11.5. The molecule has 0 aliphatic heterocycles. The van der Waals surface area contributed by atoms with E-state index in [1.54, 1.807) is 0 Å². The summed E-state index contributed by atoms with van der Waals surface area (Å²) in [4.78, 5) is 23.2. The molecule has 0 unspecified atom stereocenters. The fraction of sp³-hybridized carbons (Fsp3) is 0.167. The number of carbonyl (C=O) groups excluding carboxylic acids is 1. The zero-order valence-corrected chi connectivity index (χ0v) is 20.8. The average molecular weight is 531 g/mol. The maximum atomic E-state index is 13.2. The lowest BCUT2D eigenvalue weighted by Gasteiger charge is -2.21. The largest absolute Gasteiger partial charge is 0.490 e. The number of carbonyl (C=O) groups is 1. The average Bonchev–Trinajstić information content (AvgIpc) is 2.87. The summed E-state index contributed by atoms with van der Waals surface area (Å²) in [5, 5.41) is 15.4. The van der Waals surface area contributed by atoms with E-state index in [4.69, 9.17) is 16.3 Å². The summed E-state index contributed by atoms with van der Waals surface area (Å²) in [6.07, 6.45) is 1.60. The molecular weight excluding hydrogens is 508 g/mol. The van der Waals surface area contributed by atoms with Gasteiger partial charge in [-0.25, -0.2) is 13.8 Å². The van der Waals surface area contributed by atoms with Crippen LogP contribution in [0.1, 0.15) is 11.1 Å². The van der Waals surface area contributed by atoms with Gasteiger partial charge in [0.15, 0.2) is 5.75 Å². The van der Waals surface area contributed by atoms with Gasteiger partial charge in [-0.3, -0.25) is 14.9 Å². The van der Waals surface area contributed by atoms with E-state index in [0.29, 0.717) is 17.0 Å². The fourth-order valence-electron chi connectivity index (χ4n) is 3.24. The van der Waals surface area contributed by atoms with Crippen LogP contribution in [0.25, 0.3) is 0 Å². The number of amides is 1. The van der Waals surface area contributed by atoms with E-state index in [2.05, 4.69) is 10.5 Å². The molecule has 0 heterocycles. The summed E-state index contributed by atoms with van der Waals surface area (Å²) in [6, 6.07) is 19.1. The number of benzene rings is 3. The first-order valence-corrected chi connectivity index (χ1v) is 12.5. The summed E-state index contributed by atoms with van der Waals surface area (Å²) < 4.78 is 32.5. The van der Waals surface area contributed by atoms with E-state index in [1.807, 2.05) is 30.3 Å². The van der Waals surface area contributed by atoms with Gasteiger partial charge >= 0.3 is 5.69 Å². The molecule has 12 heteroatoms. The first-order chi connectivity index (χ1) is 17.2. The standard InChI is InChI=1S/C24H23ClN4O6S/c1-35-23-12-7-19(15-22(23)29(31)32)16-26-27-24(30)17-28(14-13-18-5-3-2-4-6-18)36(33,34)21-10-8-20(25)9-11-21/h2-12,15-16H,13-14,17H2,1H3,(H,27,30)/b26-16-. The van der Waals surface area contributed by atoms with Crippen molar-refractivity contribution in [1.29, 1.82) is 0 Å². The number of nitro benzene ring substituents is 1. The lowest BCUT2D eigenvalue weighted by molar-refractivity contribution is -0.385. The number of hydrogen-bond acceptors (Lipinski definition) is 7. The van der Waals surface area contributed by atoms with Crippen molar-refractivity contribution >= 4 is 39.4 Å². The van der Waals surface area contributed by atoms with Gasteiger partial charge in [0.05, 0.1) is 29.7 Å². The van der Waals surface area contributed by atoms with E-state index < -0.39 is 27.4 Å².